The molecule has 0 aliphatic heterocycles. The van der Waals surface area contributed by atoms with Crippen molar-refractivity contribution in [3.8, 4) is 0 Å². The molecule has 0 radical (unpaired) electrons. The van der Waals surface area contributed by atoms with Crippen molar-refractivity contribution >= 4 is 10.9 Å². The Kier molecular flexibility index (Phi) is 2.52. The van der Waals surface area contributed by atoms with Crippen LogP contribution in [-0.4, -0.2) is 27.9 Å². The number of aliphatic hydroxyl groups excluding tert-OH is 2. The van der Waals surface area contributed by atoms with Gasteiger partial charge in [-0.25, -0.2) is 0 Å². The minimum atomic E-state index is -0.678. The van der Waals surface area contributed by atoms with Gasteiger partial charge in [-0.3, -0.25) is 0 Å². The van der Waals surface area contributed by atoms with Crippen LogP contribution in [0.3, 0.4) is 0 Å². The maximum absolute atomic E-state index is 9.27. The fourth-order valence-corrected chi connectivity index (χ4v) is 1.56. The average Bonchev–Trinajstić information content (AvgIpc) is 2.59. The summed E-state index contributed by atoms with van der Waals surface area (Å²) in [6.07, 6.45) is -0.214. The summed E-state index contributed by atoms with van der Waals surface area (Å²) in [6, 6.07) is 9.94. The normalized spacial score (nSPS) is 13.3. The van der Waals surface area contributed by atoms with E-state index in [-0.39, 0.29) is 6.61 Å². The van der Waals surface area contributed by atoms with Crippen LogP contribution >= 0.6 is 0 Å². The van der Waals surface area contributed by atoms with Crippen LogP contribution in [0.1, 0.15) is 5.69 Å². The average molecular weight is 191 g/mol. The van der Waals surface area contributed by atoms with E-state index >= 15 is 0 Å². The third-order valence-electron chi connectivity index (χ3n) is 2.25. The van der Waals surface area contributed by atoms with Gasteiger partial charge in [-0.2, -0.15) is 0 Å². The highest BCUT2D eigenvalue weighted by Gasteiger charge is 2.05. The van der Waals surface area contributed by atoms with Crippen molar-refractivity contribution in [3.63, 3.8) is 0 Å². The maximum Gasteiger partial charge on any atom is 0.0825 e. The van der Waals surface area contributed by atoms with E-state index in [1.54, 1.807) is 0 Å². The first-order chi connectivity index (χ1) is 6.79. The van der Waals surface area contributed by atoms with Crippen molar-refractivity contribution in [1.82, 2.24) is 4.98 Å². The van der Waals surface area contributed by atoms with Crippen LogP contribution < -0.4 is 0 Å². The molecule has 1 atom stereocenters. The summed E-state index contributed by atoms with van der Waals surface area (Å²) >= 11 is 0. The van der Waals surface area contributed by atoms with E-state index in [4.69, 9.17) is 5.11 Å². The number of aromatic nitrogens is 1. The molecule has 3 nitrogen and oxygen atoms in total. The Morgan fingerprint density at radius 2 is 2.07 bits per heavy atom. The Morgan fingerprint density at radius 1 is 1.29 bits per heavy atom. The SMILES string of the molecule is OC[C@@H](O)Cc1cc2ccccc2[nH]1. The molecule has 2 rings (SSSR count). The highest BCUT2D eigenvalue weighted by Crippen LogP contribution is 2.15. The largest absolute Gasteiger partial charge is 0.394 e. The van der Waals surface area contributed by atoms with E-state index in [0.29, 0.717) is 6.42 Å². The van der Waals surface area contributed by atoms with Gasteiger partial charge in [0.1, 0.15) is 0 Å². The van der Waals surface area contributed by atoms with E-state index in [0.717, 1.165) is 16.6 Å². The summed E-state index contributed by atoms with van der Waals surface area (Å²) in [6.45, 7) is -0.199. The van der Waals surface area contributed by atoms with E-state index in [1.165, 1.54) is 0 Å². The van der Waals surface area contributed by atoms with Gasteiger partial charge < -0.3 is 15.2 Å². The molecule has 1 aromatic carbocycles. The van der Waals surface area contributed by atoms with Crippen molar-refractivity contribution in [1.29, 1.82) is 0 Å². The van der Waals surface area contributed by atoms with Crippen molar-refractivity contribution in [2.45, 2.75) is 12.5 Å². The number of para-hydroxylation sites is 1. The summed E-state index contributed by atoms with van der Waals surface area (Å²) in [5.41, 5.74) is 2.01. The van der Waals surface area contributed by atoms with E-state index in [9.17, 15) is 5.11 Å². The molecule has 0 saturated carbocycles. The maximum atomic E-state index is 9.27. The van der Waals surface area contributed by atoms with Crippen LogP contribution in [-0.2, 0) is 6.42 Å². The minimum absolute atomic E-state index is 0.199. The van der Waals surface area contributed by atoms with Gasteiger partial charge in [-0.1, -0.05) is 18.2 Å². The fraction of sp³-hybridized carbons (Fsp3) is 0.273. The summed E-state index contributed by atoms with van der Waals surface area (Å²) in [5.74, 6) is 0. The van der Waals surface area contributed by atoms with Crippen LogP contribution in [0.2, 0.25) is 0 Å². The lowest BCUT2D eigenvalue weighted by Gasteiger charge is -2.03. The number of benzene rings is 1. The topological polar surface area (TPSA) is 56.2 Å². The standard InChI is InChI=1S/C11H13NO2/c13-7-10(14)6-9-5-8-3-1-2-4-11(8)12-9/h1-5,10,12-14H,6-7H2/t10-/m0/s1. The Bertz CT molecular complexity index is 389. The molecule has 0 bridgehead atoms. The number of hydrogen-bond acceptors (Lipinski definition) is 2. The van der Waals surface area contributed by atoms with Gasteiger partial charge >= 0.3 is 0 Å². The molecule has 74 valence electrons. The number of aliphatic hydroxyl groups is 2. The molecule has 3 heteroatoms. The summed E-state index contributed by atoms with van der Waals surface area (Å²) in [7, 11) is 0. The lowest BCUT2D eigenvalue weighted by atomic mass is 10.2. The van der Waals surface area contributed by atoms with Crippen LogP contribution in [0.25, 0.3) is 10.9 Å². The molecule has 0 unspecified atom stereocenters. The zero-order chi connectivity index (χ0) is 9.97. The van der Waals surface area contributed by atoms with Crippen LogP contribution in [0.5, 0.6) is 0 Å². The molecule has 3 N–H and O–H groups in total. The summed E-state index contributed by atoms with van der Waals surface area (Å²) < 4.78 is 0. The predicted molar refractivity (Wildman–Crippen MR) is 55.1 cm³/mol. The summed E-state index contributed by atoms with van der Waals surface area (Å²) in [4.78, 5) is 3.19. The molecule has 1 heterocycles. The first kappa shape index (κ1) is 9.24. The van der Waals surface area contributed by atoms with Crippen molar-refractivity contribution in [3.05, 3.63) is 36.0 Å². The zero-order valence-corrected chi connectivity index (χ0v) is 7.77. The third kappa shape index (κ3) is 1.78. The first-order valence-corrected chi connectivity index (χ1v) is 4.65. The monoisotopic (exact) mass is 191 g/mol. The predicted octanol–water partition coefficient (Wildman–Crippen LogP) is 1.06. The molecule has 0 saturated heterocycles. The van der Waals surface area contributed by atoms with Crippen molar-refractivity contribution < 1.29 is 10.2 Å². The number of rotatable bonds is 3. The highest BCUT2D eigenvalue weighted by atomic mass is 16.3. The number of aromatic amines is 1. The van der Waals surface area contributed by atoms with E-state index in [2.05, 4.69) is 4.98 Å². The van der Waals surface area contributed by atoms with E-state index < -0.39 is 6.10 Å². The van der Waals surface area contributed by atoms with Gasteiger partial charge in [-0.05, 0) is 17.5 Å². The Hall–Kier alpha value is -1.32. The molecule has 0 aliphatic rings. The molecular formula is C11H13NO2. The zero-order valence-electron chi connectivity index (χ0n) is 7.77. The molecular weight excluding hydrogens is 178 g/mol. The van der Waals surface area contributed by atoms with Gasteiger partial charge in [0.25, 0.3) is 0 Å². The van der Waals surface area contributed by atoms with Gasteiger partial charge in [-0.15, -0.1) is 0 Å². The van der Waals surface area contributed by atoms with Gasteiger partial charge in [0.2, 0.25) is 0 Å². The second-order valence-corrected chi connectivity index (χ2v) is 3.42. The number of fused-ring (bicyclic) bond motifs is 1. The second kappa shape index (κ2) is 3.82. The molecule has 1 aromatic heterocycles. The van der Waals surface area contributed by atoms with Gasteiger partial charge in [0.05, 0.1) is 12.7 Å². The smallest absolute Gasteiger partial charge is 0.0825 e. The minimum Gasteiger partial charge on any atom is -0.394 e. The fourth-order valence-electron chi connectivity index (χ4n) is 1.56. The first-order valence-electron chi connectivity index (χ1n) is 4.65. The highest BCUT2D eigenvalue weighted by molar-refractivity contribution is 5.80. The molecule has 0 spiro atoms. The third-order valence-corrected chi connectivity index (χ3v) is 2.25. The number of H-pyrrole nitrogens is 1. The molecule has 0 amide bonds. The van der Waals surface area contributed by atoms with Crippen LogP contribution in [0.15, 0.2) is 30.3 Å². The molecule has 2 aromatic rings. The Labute approximate surface area is 82.0 Å². The summed E-state index contributed by atoms with van der Waals surface area (Å²) in [5, 5.41) is 19.1. The molecule has 0 aliphatic carbocycles. The number of hydrogen-bond donors (Lipinski definition) is 3. The Balaban J connectivity index is 2.27. The Morgan fingerprint density at radius 3 is 2.79 bits per heavy atom. The van der Waals surface area contributed by atoms with Crippen LogP contribution in [0, 0.1) is 0 Å². The lowest BCUT2D eigenvalue weighted by Crippen LogP contribution is -2.15. The quantitative estimate of drug-likeness (QED) is 0.679. The number of nitrogens with one attached hydrogen (secondary N) is 1. The van der Waals surface area contributed by atoms with Crippen molar-refractivity contribution in [2.24, 2.45) is 0 Å². The second-order valence-electron chi connectivity index (χ2n) is 3.42. The molecule has 0 fully saturated rings. The van der Waals surface area contributed by atoms with Gasteiger partial charge in [0.15, 0.2) is 0 Å². The van der Waals surface area contributed by atoms with Crippen LogP contribution in [0.4, 0.5) is 0 Å². The van der Waals surface area contributed by atoms with Gasteiger partial charge in [0, 0.05) is 17.6 Å². The van der Waals surface area contributed by atoms with Crippen molar-refractivity contribution in [2.75, 3.05) is 6.61 Å². The van der Waals surface area contributed by atoms with E-state index in [1.807, 2.05) is 30.3 Å². The molecule has 14 heavy (non-hydrogen) atoms. The lowest BCUT2D eigenvalue weighted by molar-refractivity contribution is 0.0949.